The SMILES string of the molecule is CCC(C)CN(Cc1ccc(Br)cc1)Cc1ccc(CN)cc1. The van der Waals surface area contributed by atoms with Crippen molar-refractivity contribution in [2.75, 3.05) is 6.54 Å². The van der Waals surface area contributed by atoms with Gasteiger partial charge in [-0.2, -0.15) is 0 Å². The fourth-order valence-corrected chi connectivity index (χ4v) is 2.91. The van der Waals surface area contributed by atoms with E-state index in [1.165, 1.54) is 23.1 Å². The van der Waals surface area contributed by atoms with Gasteiger partial charge in [0.25, 0.3) is 0 Å². The largest absolute Gasteiger partial charge is 0.326 e. The molecule has 0 spiro atoms. The zero-order valence-corrected chi connectivity index (χ0v) is 15.7. The van der Waals surface area contributed by atoms with Crippen LogP contribution in [-0.4, -0.2) is 11.4 Å². The summed E-state index contributed by atoms with van der Waals surface area (Å²) in [6.07, 6.45) is 1.21. The van der Waals surface area contributed by atoms with Gasteiger partial charge in [-0.05, 0) is 34.7 Å². The number of nitrogens with zero attached hydrogens (tertiary/aromatic N) is 1. The zero-order chi connectivity index (χ0) is 16.7. The Hall–Kier alpha value is -1.16. The molecule has 124 valence electrons. The van der Waals surface area contributed by atoms with Crippen molar-refractivity contribution in [3.05, 3.63) is 69.7 Å². The van der Waals surface area contributed by atoms with Crippen LogP contribution in [0.15, 0.2) is 53.0 Å². The lowest BCUT2D eigenvalue weighted by Crippen LogP contribution is -2.27. The van der Waals surface area contributed by atoms with Gasteiger partial charge >= 0.3 is 0 Å². The topological polar surface area (TPSA) is 29.3 Å². The Bertz CT molecular complexity index is 578. The third-order valence-electron chi connectivity index (χ3n) is 4.25. The van der Waals surface area contributed by atoms with E-state index in [0.717, 1.165) is 24.1 Å². The lowest BCUT2D eigenvalue weighted by atomic mass is 10.1. The first-order valence-electron chi connectivity index (χ1n) is 8.35. The minimum absolute atomic E-state index is 0.607. The molecule has 0 aliphatic rings. The number of benzene rings is 2. The van der Waals surface area contributed by atoms with Crippen molar-refractivity contribution in [3.8, 4) is 0 Å². The van der Waals surface area contributed by atoms with Gasteiger partial charge in [0.15, 0.2) is 0 Å². The molecule has 3 heteroatoms. The summed E-state index contributed by atoms with van der Waals surface area (Å²) in [5.41, 5.74) is 9.58. The van der Waals surface area contributed by atoms with Gasteiger partial charge in [0.2, 0.25) is 0 Å². The minimum atomic E-state index is 0.607. The van der Waals surface area contributed by atoms with E-state index in [1.807, 2.05) is 0 Å². The van der Waals surface area contributed by atoms with Crippen molar-refractivity contribution >= 4 is 15.9 Å². The maximum Gasteiger partial charge on any atom is 0.0237 e. The average molecular weight is 375 g/mol. The molecule has 2 aromatic carbocycles. The highest BCUT2D eigenvalue weighted by atomic mass is 79.9. The van der Waals surface area contributed by atoms with Crippen molar-refractivity contribution in [3.63, 3.8) is 0 Å². The van der Waals surface area contributed by atoms with Crippen molar-refractivity contribution in [1.29, 1.82) is 0 Å². The highest BCUT2D eigenvalue weighted by molar-refractivity contribution is 9.10. The lowest BCUT2D eigenvalue weighted by molar-refractivity contribution is 0.218. The summed E-state index contributed by atoms with van der Waals surface area (Å²) < 4.78 is 1.13. The second kappa shape index (κ2) is 9.21. The molecule has 0 amide bonds. The molecule has 2 N–H and O–H groups in total. The van der Waals surface area contributed by atoms with E-state index in [0.29, 0.717) is 12.5 Å². The molecule has 2 nitrogen and oxygen atoms in total. The Morgan fingerprint density at radius 3 is 1.87 bits per heavy atom. The molecule has 0 aliphatic carbocycles. The van der Waals surface area contributed by atoms with Gasteiger partial charge < -0.3 is 5.73 Å². The Morgan fingerprint density at radius 2 is 1.39 bits per heavy atom. The van der Waals surface area contributed by atoms with Gasteiger partial charge in [-0.25, -0.2) is 0 Å². The second-order valence-electron chi connectivity index (χ2n) is 6.33. The zero-order valence-electron chi connectivity index (χ0n) is 14.1. The lowest BCUT2D eigenvalue weighted by Gasteiger charge is -2.25. The molecule has 0 saturated heterocycles. The van der Waals surface area contributed by atoms with Crippen LogP contribution in [0.2, 0.25) is 0 Å². The van der Waals surface area contributed by atoms with Crippen molar-refractivity contribution in [2.45, 2.75) is 39.9 Å². The van der Waals surface area contributed by atoms with Crippen LogP contribution in [0.5, 0.6) is 0 Å². The summed E-state index contributed by atoms with van der Waals surface area (Å²) in [6, 6.07) is 17.3. The van der Waals surface area contributed by atoms with Crippen molar-refractivity contribution in [2.24, 2.45) is 11.7 Å². The second-order valence-corrected chi connectivity index (χ2v) is 7.25. The van der Waals surface area contributed by atoms with E-state index in [9.17, 15) is 0 Å². The van der Waals surface area contributed by atoms with Crippen molar-refractivity contribution in [1.82, 2.24) is 4.90 Å². The van der Waals surface area contributed by atoms with Gasteiger partial charge in [-0.1, -0.05) is 72.6 Å². The van der Waals surface area contributed by atoms with Crippen LogP contribution in [0.25, 0.3) is 0 Å². The molecule has 0 saturated carbocycles. The van der Waals surface area contributed by atoms with Gasteiger partial charge in [-0.15, -0.1) is 0 Å². The summed E-state index contributed by atoms with van der Waals surface area (Å²) in [5.74, 6) is 0.703. The molecule has 1 atom stereocenters. The van der Waals surface area contributed by atoms with E-state index in [4.69, 9.17) is 5.73 Å². The first-order chi connectivity index (χ1) is 11.1. The molecule has 0 radical (unpaired) electrons. The summed E-state index contributed by atoms with van der Waals surface area (Å²) in [5, 5.41) is 0. The molecule has 1 unspecified atom stereocenters. The minimum Gasteiger partial charge on any atom is -0.326 e. The molecular weight excluding hydrogens is 348 g/mol. The van der Waals surface area contributed by atoms with Crippen LogP contribution < -0.4 is 5.73 Å². The van der Waals surface area contributed by atoms with Gasteiger partial charge in [0.1, 0.15) is 0 Å². The monoisotopic (exact) mass is 374 g/mol. The predicted octanol–water partition coefficient (Wildman–Crippen LogP) is 4.96. The fraction of sp³-hybridized carbons (Fsp3) is 0.400. The highest BCUT2D eigenvalue weighted by Crippen LogP contribution is 2.16. The fourth-order valence-electron chi connectivity index (χ4n) is 2.64. The number of halogens is 1. The maximum absolute atomic E-state index is 5.69. The predicted molar refractivity (Wildman–Crippen MR) is 102 cm³/mol. The highest BCUT2D eigenvalue weighted by Gasteiger charge is 2.11. The summed E-state index contributed by atoms with van der Waals surface area (Å²) in [4.78, 5) is 2.54. The molecule has 0 bridgehead atoms. The average Bonchev–Trinajstić information content (AvgIpc) is 2.57. The Kier molecular flexibility index (Phi) is 7.28. The molecule has 0 aromatic heterocycles. The van der Waals surface area contributed by atoms with Gasteiger partial charge in [0, 0.05) is 30.7 Å². The molecule has 0 aliphatic heterocycles. The van der Waals surface area contributed by atoms with Crippen LogP contribution in [0.3, 0.4) is 0 Å². The molecule has 23 heavy (non-hydrogen) atoms. The third kappa shape index (κ3) is 6.09. The number of hydrogen-bond acceptors (Lipinski definition) is 2. The standard InChI is InChI=1S/C20H27BrN2/c1-3-16(2)13-23(15-19-8-10-20(21)11-9-19)14-18-6-4-17(12-22)5-7-18/h4-11,16H,3,12-15,22H2,1-2H3. The van der Waals surface area contributed by atoms with Crippen LogP contribution >= 0.6 is 15.9 Å². The smallest absolute Gasteiger partial charge is 0.0237 e. The van der Waals surface area contributed by atoms with Gasteiger partial charge in [-0.3, -0.25) is 4.90 Å². The first-order valence-corrected chi connectivity index (χ1v) is 9.14. The summed E-state index contributed by atoms with van der Waals surface area (Å²) >= 11 is 3.51. The van der Waals surface area contributed by atoms with Gasteiger partial charge in [0.05, 0.1) is 0 Å². The summed E-state index contributed by atoms with van der Waals surface area (Å²) in [6.45, 7) is 8.27. The van der Waals surface area contributed by atoms with Crippen LogP contribution in [0.4, 0.5) is 0 Å². The number of rotatable bonds is 8. The maximum atomic E-state index is 5.69. The summed E-state index contributed by atoms with van der Waals surface area (Å²) in [7, 11) is 0. The van der Waals surface area contributed by atoms with Crippen LogP contribution in [-0.2, 0) is 19.6 Å². The Labute approximate surface area is 148 Å². The van der Waals surface area contributed by atoms with Crippen LogP contribution in [0.1, 0.15) is 37.0 Å². The van der Waals surface area contributed by atoms with E-state index < -0.39 is 0 Å². The molecule has 2 rings (SSSR count). The molecular formula is C20H27BrN2. The van der Waals surface area contributed by atoms with E-state index in [-0.39, 0.29) is 0 Å². The first kappa shape index (κ1) is 18.2. The molecule has 0 fully saturated rings. The van der Waals surface area contributed by atoms with E-state index in [1.54, 1.807) is 0 Å². The van der Waals surface area contributed by atoms with E-state index in [2.05, 4.69) is 83.2 Å². The van der Waals surface area contributed by atoms with Crippen molar-refractivity contribution < 1.29 is 0 Å². The Balaban J connectivity index is 2.07. The van der Waals surface area contributed by atoms with Crippen LogP contribution in [0, 0.1) is 5.92 Å². The van der Waals surface area contributed by atoms with E-state index >= 15 is 0 Å². The molecule has 0 heterocycles. The third-order valence-corrected chi connectivity index (χ3v) is 4.78. The number of hydrogen-bond donors (Lipinski definition) is 1. The quantitative estimate of drug-likeness (QED) is 0.707. The molecule has 2 aromatic rings. The number of nitrogens with two attached hydrogens (primary N) is 1. The normalized spacial score (nSPS) is 12.6. The Morgan fingerprint density at radius 1 is 0.913 bits per heavy atom.